The highest BCUT2D eigenvalue weighted by molar-refractivity contribution is 6.01. The lowest BCUT2D eigenvalue weighted by molar-refractivity contribution is -0.117. The van der Waals surface area contributed by atoms with E-state index in [4.69, 9.17) is 14.7 Å². The molecule has 1 aliphatic rings. The number of amides is 1. The molecule has 116 valence electrons. The first kappa shape index (κ1) is 16.1. The van der Waals surface area contributed by atoms with Gasteiger partial charge in [0.05, 0.1) is 12.7 Å². The van der Waals surface area contributed by atoms with Crippen molar-refractivity contribution in [3.05, 3.63) is 35.4 Å². The molecule has 1 aliphatic heterocycles. The average molecular weight is 300 g/mol. The summed E-state index contributed by atoms with van der Waals surface area (Å²) in [4.78, 5) is 12.0. The maximum Gasteiger partial charge on any atom is 0.262 e. The first-order valence-electron chi connectivity index (χ1n) is 7.47. The number of nitriles is 1. The normalized spacial score (nSPS) is 17.8. The number of carbonyl (C=O) groups is 1. The van der Waals surface area contributed by atoms with E-state index in [0.29, 0.717) is 13.2 Å². The fourth-order valence-corrected chi connectivity index (χ4v) is 2.25. The van der Waals surface area contributed by atoms with Gasteiger partial charge in [0.2, 0.25) is 0 Å². The Morgan fingerprint density at radius 2 is 2.27 bits per heavy atom. The fourth-order valence-electron chi connectivity index (χ4n) is 2.25. The van der Waals surface area contributed by atoms with Crippen LogP contribution in [0.25, 0.3) is 6.08 Å². The highest BCUT2D eigenvalue weighted by Gasteiger charge is 2.17. The van der Waals surface area contributed by atoms with Crippen LogP contribution in [0.3, 0.4) is 0 Å². The number of hydrogen-bond acceptors (Lipinski definition) is 4. The molecule has 22 heavy (non-hydrogen) atoms. The molecule has 1 N–H and O–H groups in total. The molecule has 1 aromatic carbocycles. The lowest BCUT2D eigenvalue weighted by Gasteiger charge is -2.10. The van der Waals surface area contributed by atoms with Gasteiger partial charge < -0.3 is 14.8 Å². The average Bonchev–Trinajstić information content (AvgIpc) is 3.05. The summed E-state index contributed by atoms with van der Waals surface area (Å²) in [5, 5.41) is 11.9. The molecule has 0 bridgehead atoms. The third-order valence-electron chi connectivity index (χ3n) is 3.38. The van der Waals surface area contributed by atoms with Crippen molar-refractivity contribution in [2.75, 3.05) is 19.8 Å². The summed E-state index contributed by atoms with van der Waals surface area (Å²) in [6.45, 7) is 3.71. The Balaban J connectivity index is 1.96. The lowest BCUT2D eigenvalue weighted by Crippen LogP contribution is -2.32. The Kier molecular flexibility index (Phi) is 5.99. The van der Waals surface area contributed by atoms with Gasteiger partial charge >= 0.3 is 0 Å². The SMILES string of the molecule is CCOc1ccc(/C=C(/C#N)C(=O)NC[C@@H]2CCCO2)cc1. The van der Waals surface area contributed by atoms with E-state index in [1.165, 1.54) is 0 Å². The third kappa shape index (κ3) is 4.61. The highest BCUT2D eigenvalue weighted by Crippen LogP contribution is 2.15. The number of hydrogen-bond donors (Lipinski definition) is 1. The molecule has 0 radical (unpaired) electrons. The summed E-state index contributed by atoms with van der Waals surface area (Å²) in [5.41, 5.74) is 0.870. The van der Waals surface area contributed by atoms with Crippen molar-refractivity contribution in [1.29, 1.82) is 5.26 Å². The minimum absolute atomic E-state index is 0.0642. The summed E-state index contributed by atoms with van der Waals surface area (Å²) < 4.78 is 10.8. The van der Waals surface area contributed by atoms with Gasteiger partial charge in [0.25, 0.3) is 5.91 Å². The van der Waals surface area contributed by atoms with Crippen LogP contribution >= 0.6 is 0 Å². The molecule has 1 fully saturated rings. The van der Waals surface area contributed by atoms with Gasteiger partial charge in [0.1, 0.15) is 17.4 Å². The predicted molar refractivity (Wildman–Crippen MR) is 83.2 cm³/mol. The Morgan fingerprint density at radius 3 is 2.86 bits per heavy atom. The van der Waals surface area contributed by atoms with Crippen LogP contribution in [0.2, 0.25) is 0 Å². The maximum absolute atomic E-state index is 12.0. The molecule has 5 nitrogen and oxygen atoms in total. The Hall–Kier alpha value is -2.32. The molecule has 1 heterocycles. The van der Waals surface area contributed by atoms with Crippen molar-refractivity contribution in [1.82, 2.24) is 5.32 Å². The van der Waals surface area contributed by atoms with Crippen LogP contribution in [-0.4, -0.2) is 31.8 Å². The van der Waals surface area contributed by atoms with E-state index in [9.17, 15) is 4.79 Å². The van der Waals surface area contributed by atoms with E-state index in [0.717, 1.165) is 30.8 Å². The minimum Gasteiger partial charge on any atom is -0.494 e. The fraction of sp³-hybridized carbons (Fsp3) is 0.412. The van der Waals surface area contributed by atoms with Crippen LogP contribution in [0.5, 0.6) is 5.75 Å². The molecular weight excluding hydrogens is 280 g/mol. The van der Waals surface area contributed by atoms with Crippen molar-refractivity contribution in [2.24, 2.45) is 0 Å². The monoisotopic (exact) mass is 300 g/mol. The predicted octanol–water partition coefficient (Wildman–Crippen LogP) is 2.29. The maximum atomic E-state index is 12.0. The number of nitrogens with zero attached hydrogens (tertiary/aromatic N) is 1. The number of nitrogens with one attached hydrogen (secondary N) is 1. The van der Waals surface area contributed by atoms with Gasteiger partial charge in [-0.15, -0.1) is 0 Å². The molecule has 0 aliphatic carbocycles. The lowest BCUT2D eigenvalue weighted by atomic mass is 10.1. The standard InChI is InChI=1S/C17H20N2O3/c1-2-21-15-7-5-13(6-8-15)10-14(11-18)17(20)19-12-16-4-3-9-22-16/h5-8,10,16H,2-4,9,12H2,1H3,(H,19,20)/b14-10-/t16-/m0/s1. The molecule has 0 aromatic heterocycles. The van der Waals surface area contributed by atoms with Gasteiger partial charge in [-0.1, -0.05) is 12.1 Å². The quantitative estimate of drug-likeness (QED) is 0.646. The molecule has 1 aromatic rings. The second-order valence-corrected chi connectivity index (χ2v) is 5.02. The number of benzene rings is 1. The van der Waals surface area contributed by atoms with Gasteiger partial charge in [-0.2, -0.15) is 5.26 Å². The van der Waals surface area contributed by atoms with E-state index in [2.05, 4.69) is 5.32 Å². The molecule has 1 atom stereocenters. The van der Waals surface area contributed by atoms with Crippen LogP contribution in [0.4, 0.5) is 0 Å². The molecule has 1 amide bonds. The van der Waals surface area contributed by atoms with Crippen molar-refractivity contribution in [3.8, 4) is 11.8 Å². The van der Waals surface area contributed by atoms with Crippen molar-refractivity contribution < 1.29 is 14.3 Å². The van der Waals surface area contributed by atoms with E-state index in [-0.39, 0.29) is 17.6 Å². The topological polar surface area (TPSA) is 71.3 Å². The summed E-state index contributed by atoms with van der Waals surface area (Å²) >= 11 is 0. The summed E-state index contributed by atoms with van der Waals surface area (Å²) in [6, 6.07) is 9.20. The van der Waals surface area contributed by atoms with Gasteiger partial charge in [0.15, 0.2) is 0 Å². The number of ether oxygens (including phenoxy) is 2. The molecule has 1 saturated heterocycles. The van der Waals surface area contributed by atoms with E-state index < -0.39 is 0 Å². The van der Waals surface area contributed by atoms with E-state index in [1.54, 1.807) is 6.08 Å². The first-order valence-corrected chi connectivity index (χ1v) is 7.47. The highest BCUT2D eigenvalue weighted by atomic mass is 16.5. The first-order chi connectivity index (χ1) is 10.7. The molecule has 0 spiro atoms. The summed E-state index contributed by atoms with van der Waals surface area (Å²) in [6.07, 6.45) is 3.60. The van der Waals surface area contributed by atoms with Crippen molar-refractivity contribution in [2.45, 2.75) is 25.9 Å². The zero-order valence-corrected chi connectivity index (χ0v) is 12.7. The minimum atomic E-state index is -0.369. The zero-order valence-electron chi connectivity index (χ0n) is 12.7. The van der Waals surface area contributed by atoms with Crippen LogP contribution in [-0.2, 0) is 9.53 Å². The smallest absolute Gasteiger partial charge is 0.262 e. The molecule has 0 unspecified atom stereocenters. The third-order valence-corrected chi connectivity index (χ3v) is 3.38. The summed E-state index contributed by atoms with van der Waals surface area (Å²) in [7, 11) is 0. The second-order valence-electron chi connectivity index (χ2n) is 5.02. The largest absolute Gasteiger partial charge is 0.494 e. The van der Waals surface area contributed by atoms with Gasteiger partial charge in [-0.3, -0.25) is 4.79 Å². The van der Waals surface area contributed by atoms with Crippen molar-refractivity contribution >= 4 is 12.0 Å². The van der Waals surface area contributed by atoms with E-state index >= 15 is 0 Å². The van der Waals surface area contributed by atoms with Crippen LogP contribution in [0, 0.1) is 11.3 Å². The van der Waals surface area contributed by atoms with Gasteiger partial charge in [-0.25, -0.2) is 0 Å². The van der Waals surface area contributed by atoms with Crippen LogP contribution in [0.1, 0.15) is 25.3 Å². The zero-order chi connectivity index (χ0) is 15.8. The Labute approximate surface area is 130 Å². The van der Waals surface area contributed by atoms with Gasteiger partial charge in [0, 0.05) is 13.2 Å². The number of rotatable bonds is 6. The molecule has 5 heteroatoms. The molecule has 0 saturated carbocycles. The van der Waals surface area contributed by atoms with Crippen LogP contribution < -0.4 is 10.1 Å². The second kappa shape index (κ2) is 8.20. The van der Waals surface area contributed by atoms with E-state index in [1.807, 2.05) is 37.3 Å². The van der Waals surface area contributed by atoms with Crippen LogP contribution in [0.15, 0.2) is 29.8 Å². The molecular formula is C17H20N2O3. The Morgan fingerprint density at radius 1 is 1.50 bits per heavy atom. The Bertz CT molecular complexity index is 567. The van der Waals surface area contributed by atoms with Crippen molar-refractivity contribution in [3.63, 3.8) is 0 Å². The summed E-state index contributed by atoms with van der Waals surface area (Å²) in [5.74, 6) is 0.396. The van der Waals surface area contributed by atoms with Gasteiger partial charge in [-0.05, 0) is 43.5 Å². The molecule has 2 rings (SSSR count). The number of carbonyl (C=O) groups excluding carboxylic acids is 1.